The van der Waals surface area contributed by atoms with Crippen molar-refractivity contribution in [2.45, 2.75) is 65.6 Å². The molecule has 0 aliphatic carbocycles. The number of amides is 1. The van der Waals surface area contributed by atoms with Gasteiger partial charge in [-0.2, -0.15) is 0 Å². The average molecular weight is 563 g/mol. The Balaban J connectivity index is 1.78. The third-order valence-electron chi connectivity index (χ3n) is 7.68. The van der Waals surface area contributed by atoms with Crippen molar-refractivity contribution in [2.75, 3.05) is 25.2 Å². The Bertz CT molecular complexity index is 1540. The fourth-order valence-corrected chi connectivity index (χ4v) is 5.92. The Hall–Kier alpha value is -3.98. The van der Waals surface area contributed by atoms with Crippen molar-refractivity contribution >= 4 is 17.6 Å². The minimum atomic E-state index is -1.31. The maximum atomic E-state index is 15.6. The summed E-state index contributed by atoms with van der Waals surface area (Å²) in [5.74, 6) is -1.28. The number of aliphatic carboxylic acids is 1. The Labute approximate surface area is 239 Å². The number of pyridine rings is 1. The summed E-state index contributed by atoms with van der Waals surface area (Å²) in [5.41, 5.74) is 4.90. The molecular weight excluding hydrogens is 527 g/mol. The van der Waals surface area contributed by atoms with Crippen molar-refractivity contribution in [1.29, 1.82) is 0 Å². The van der Waals surface area contributed by atoms with Gasteiger partial charge in [-0.3, -0.25) is 9.78 Å². The Morgan fingerprint density at radius 2 is 1.93 bits per heavy atom. The molecule has 0 unspecified atom stereocenters. The molecule has 0 saturated carbocycles. The van der Waals surface area contributed by atoms with Crippen LogP contribution in [0, 0.1) is 19.7 Å². The molecule has 0 spiro atoms. The molecule has 0 bridgehead atoms. The summed E-state index contributed by atoms with van der Waals surface area (Å²) in [6.45, 7) is 9.94. The largest absolute Gasteiger partial charge is 0.494 e. The van der Waals surface area contributed by atoms with Gasteiger partial charge in [0, 0.05) is 29.6 Å². The lowest BCUT2D eigenvalue weighted by atomic mass is 9.83. The molecule has 41 heavy (non-hydrogen) atoms. The highest BCUT2D eigenvalue weighted by Gasteiger charge is 2.37. The molecule has 2 aliphatic heterocycles. The van der Waals surface area contributed by atoms with Gasteiger partial charge in [0.25, 0.3) is 5.91 Å². The van der Waals surface area contributed by atoms with Gasteiger partial charge >= 0.3 is 5.97 Å². The topological polar surface area (TPSA) is 98.2 Å². The molecule has 1 aromatic heterocycles. The SMILES string of the molecule is COc1cnccc1C(=O)N1CCc2c1cc(C)c([C@H](OC(C)(C)C)C(=O)O)c2-c1cc(F)c2c(c1C)CCCO2. The third-order valence-corrected chi connectivity index (χ3v) is 7.68. The summed E-state index contributed by atoms with van der Waals surface area (Å²) in [6, 6.07) is 4.88. The van der Waals surface area contributed by atoms with Gasteiger partial charge in [0.1, 0.15) is 5.75 Å². The van der Waals surface area contributed by atoms with E-state index in [2.05, 4.69) is 4.98 Å². The number of nitrogens with zero attached hydrogens (tertiary/aromatic N) is 2. The number of aryl methyl sites for hydroxylation is 1. The van der Waals surface area contributed by atoms with Gasteiger partial charge in [0.2, 0.25) is 0 Å². The van der Waals surface area contributed by atoms with Crippen molar-refractivity contribution in [3.05, 3.63) is 69.8 Å². The molecule has 1 atom stereocenters. The van der Waals surface area contributed by atoms with E-state index >= 15 is 4.39 Å². The highest BCUT2D eigenvalue weighted by Crippen LogP contribution is 2.48. The van der Waals surface area contributed by atoms with E-state index < -0.39 is 23.5 Å². The third kappa shape index (κ3) is 5.14. The zero-order valence-electron chi connectivity index (χ0n) is 24.3. The van der Waals surface area contributed by atoms with Crippen molar-refractivity contribution in [3.63, 3.8) is 0 Å². The van der Waals surface area contributed by atoms with Crippen LogP contribution in [-0.4, -0.2) is 47.8 Å². The summed E-state index contributed by atoms with van der Waals surface area (Å²) in [4.78, 5) is 32.2. The van der Waals surface area contributed by atoms with Gasteiger partial charge in [-0.25, -0.2) is 9.18 Å². The molecule has 3 heterocycles. The predicted molar refractivity (Wildman–Crippen MR) is 153 cm³/mol. The van der Waals surface area contributed by atoms with E-state index in [4.69, 9.17) is 14.2 Å². The highest BCUT2D eigenvalue weighted by molar-refractivity contribution is 6.10. The first-order chi connectivity index (χ1) is 19.4. The number of carboxylic acids is 1. The summed E-state index contributed by atoms with van der Waals surface area (Å²) >= 11 is 0. The average Bonchev–Trinajstić information content (AvgIpc) is 3.35. The molecule has 8 nitrogen and oxygen atoms in total. The van der Waals surface area contributed by atoms with E-state index in [0.29, 0.717) is 65.2 Å². The van der Waals surface area contributed by atoms with Crippen molar-refractivity contribution in [1.82, 2.24) is 4.98 Å². The molecule has 2 aliphatic rings. The fraction of sp³-hybridized carbons (Fsp3) is 0.406. The number of fused-ring (bicyclic) bond motifs is 2. The normalized spacial score (nSPS) is 15.1. The van der Waals surface area contributed by atoms with Gasteiger partial charge < -0.3 is 24.2 Å². The van der Waals surface area contributed by atoms with Gasteiger partial charge in [-0.15, -0.1) is 0 Å². The first-order valence-corrected chi connectivity index (χ1v) is 13.7. The van der Waals surface area contributed by atoms with Crippen LogP contribution in [0.2, 0.25) is 0 Å². The molecular formula is C32H35FN2O6. The Morgan fingerprint density at radius 3 is 2.61 bits per heavy atom. The number of methoxy groups -OCH3 is 1. The molecule has 1 N–H and O–H groups in total. The van der Waals surface area contributed by atoms with Crippen molar-refractivity contribution < 1.29 is 33.3 Å². The van der Waals surface area contributed by atoms with Crippen LogP contribution < -0.4 is 14.4 Å². The number of carboxylic acid groups (broad SMARTS) is 1. The number of hydrogen-bond acceptors (Lipinski definition) is 6. The van der Waals surface area contributed by atoms with E-state index in [9.17, 15) is 14.7 Å². The first-order valence-electron chi connectivity index (χ1n) is 13.7. The minimum absolute atomic E-state index is 0.255. The van der Waals surface area contributed by atoms with Crippen LogP contribution in [-0.2, 0) is 22.4 Å². The second-order valence-electron chi connectivity index (χ2n) is 11.5. The zero-order valence-corrected chi connectivity index (χ0v) is 24.3. The van der Waals surface area contributed by atoms with Crippen molar-refractivity contribution in [3.8, 4) is 22.6 Å². The number of hydrogen-bond donors (Lipinski definition) is 1. The number of aromatic nitrogens is 1. The number of benzene rings is 2. The fourth-order valence-electron chi connectivity index (χ4n) is 5.92. The van der Waals surface area contributed by atoms with Crippen LogP contribution in [0.15, 0.2) is 30.6 Å². The maximum Gasteiger partial charge on any atom is 0.337 e. The van der Waals surface area contributed by atoms with Gasteiger partial charge in [0.05, 0.1) is 31.1 Å². The van der Waals surface area contributed by atoms with E-state index in [1.54, 1.807) is 31.7 Å². The van der Waals surface area contributed by atoms with E-state index in [-0.39, 0.29) is 11.7 Å². The van der Waals surface area contributed by atoms with E-state index in [1.165, 1.54) is 25.6 Å². The Morgan fingerprint density at radius 1 is 1.17 bits per heavy atom. The first kappa shape index (κ1) is 28.5. The summed E-state index contributed by atoms with van der Waals surface area (Å²) < 4.78 is 32.8. The van der Waals surface area contributed by atoms with E-state index in [0.717, 1.165) is 23.1 Å². The number of ether oxygens (including phenoxy) is 3. The minimum Gasteiger partial charge on any atom is -0.494 e. The van der Waals surface area contributed by atoms with Crippen molar-refractivity contribution in [2.24, 2.45) is 0 Å². The quantitative estimate of drug-likeness (QED) is 0.395. The van der Waals surface area contributed by atoms with Crippen LogP contribution in [0.4, 0.5) is 10.1 Å². The lowest BCUT2D eigenvalue weighted by Gasteiger charge is -2.30. The molecule has 2 aromatic carbocycles. The zero-order chi connectivity index (χ0) is 29.6. The summed E-state index contributed by atoms with van der Waals surface area (Å²) in [5, 5.41) is 10.4. The molecule has 9 heteroatoms. The second kappa shape index (κ2) is 10.8. The maximum absolute atomic E-state index is 15.6. The standard InChI is InChI=1S/C32H35FN2O6/c1-17-14-24-20(10-12-35(24)30(36)21-9-11-34-16-25(21)39-6)27(26(17)29(31(37)38)41-32(3,4)5)22-15-23(33)28-19(18(22)2)8-7-13-40-28/h9,11,14-16,29H,7-8,10,12-13H2,1-6H3,(H,37,38)/t29-/m0/s1. The highest BCUT2D eigenvalue weighted by atomic mass is 19.1. The molecule has 3 aromatic rings. The monoisotopic (exact) mass is 562 g/mol. The number of anilines is 1. The number of rotatable bonds is 6. The summed E-state index contributed by atoms with van der Waals surface area (Å²) in [7, 11) is 1.48. The molecule has 1 amide bonds. The smallest absolute Gasteiger partial charge is 0.337 e. The van der Waals surface area contributed by atoms with Gasteiger partial charge in [-0.05, 0) is 99.9 Å². The molecule has 0 fully saturated rings. The lowest BCUT2D eigenvalue weighted by Crippen LogP contribution is -2.30. The van der Waals surface area contributed by atoms with Crippen LogP contribution in [0.3, 0.4) is 0 Å². The number of carbonyl (C=O) groups is 2. The van der Waals surface area contributed by atoms with Gasteiger partial charge in [-0.1, -0.05) is 0 Å². The molecule has 216 valence electrons. The molecule has 0 saturated heterocycles. The molecule has 0 radical (unpaired) electrons. The van der Waals surface area contributed by atoms with Crippen LogP contribution in [0.5, 0.6) is 11.5 Å². The second-order valence-corrected chi connectivity index (χ2v) is 11.5. The van der Waals surface area contributed by atoms with Gasteiger partial charge in [0.15, 0.2) is 17.7 Å². The van der Waals surface area contributed by atoms with Crippen LogP contribution in [0.1, 0.15) is 71.5 Å². The lowest BCUT2D eigenvalue weighted by molar-refractivity contribution is -0.160. The predicted octanol–water partition coefficient (Wildman–Crippen LogP) is 5.98. The number of carbonyl (C=O) groups excluding carboxylic acids is 1. The summed E-state index contributed by atoms with van der Waals surface area (Å²) in [6.07, 6.45) is 3.59. The molecule has 5 rings (SSSR count). The number of halogens is 1. The Kier molecular flexibility index (Phi) is 7.50. The van der Waals surface area contributed by atoms with E-state index in [1.807, 2.05) is 19.9 Å². The van der Waals surface area contributed by atoms with Crippen LogP contribution in [0.25, 0.3) is 11.1 Å². The van der Waals surface area contributed by atoms with Crippen LogP contribution >= 0.6 is 0 Å².